The number of amides is 1. The summed E-state index contributed by atoms with van der Waals surface area (Å²) in [6.45, 7) is 9.26. The number of nitrogens with one attached hydrogen (secondary N) is 2. The van der Waals surface area contributed by atoms with Gasteiger partial charge in [0.2, 0.25) is 5.91 Å². The van der Waals surface area contributed by atoms with Crippen LogP contribution in [0.25, 0.3) is 0 Å². The van der Waals surface area contributed by atoms with Crippen LogP contribution in [0.4, 0.5) is 0 Å². The standard InChI is InChI=1S/C27H37N5O/c1-2-28-27(29-18-22-11-13-23(14-12-22)20-31-15-5-6-16-31)30-19-24-8-3-4-9-25(24)21-32-17-7-10-26(32)33/h3-4,8-9,11-14H,2,5-7,10,15-21H2,1H3,(H2,28,29,30). The topological polar surface area (TPSA) is 60.0 Å². The van der Waals surface area contributed by atoms with E-state index in [-0.39, 0.29) is 5.91 Å². The first-order valence-corrected chi connectivity index (χ1v) is 12.4. The highest BCUT2D eigenvalue weighted by Crippen LogP contribution is 2.17. The van der Waals surface area contributed by atoms with Crippen molar-refractivity contribution in [2.45, 2.75) is 58.8 Å². The molecule has 0 unspecified atom stereocenters. The molecule has 2 aliphatic rings. The zero-order valence-corrected chi connectivity index (χ0v) is 19.9. The smallest absolute Gasteiger partial charge is 0.222 e. The molecule has 2 aromatic rings. The van der Waals surface area contributed by atoms with Gasteiger partial charge in [0.15, 0.2) is 5.96 Å². The Hall–Kier alpha value is -2.86. The number of rotatable bonds is 9. The van der Waals surface area contributed by atoms with Gasteiger partial charge in [-0.2, -0.15) is 0 Å². The van der Waals surface area contributed by atoms with Crippen molar-refractivity contribution in [2.75, 3.05) is 26.2 Å². The molecule has 2 saturated heterocycles. The maximum absolute atomic E-state index is 12.0. The molecule has 0 saturated carbocycles. The second-order valence-electron chi connectivity index (χ2n) is 9.04. The van der Waals surface area contributed by atoms with E-state index in [0.717, 1.165) is 32.0 Å². The van der Waals surface area contributed by atoms with Gasteiger partial charge in [-0.05, 0) is 61.5 Å². The summed E-state index contributed by atoms with van der Waals surface area (Å²) in [5, 5.41) is 6.82. The van der Waals surface area contributed by atoms with Crippen LogP contribution >= 0.6 is 0 Å². The lowest BCUT2D eigenvalue weighted by Crippen LogP contribution is -2.37. The fourth-order valence-corrected chi connectivity index (χ4v) is 4.60. The lowest BCUT2D eigenvalue weighted by Gasteiger charge is -2.19. The number of hydrogen-bond acceptors (Lipinski definition) is 3. The lowest BCUT2D eigenvalue weighted by atomic mass is 10.1. The number of nitrogens with zero attached hydrogens (tertiary/aromatic N) is 3. The Labute approximate surface area is 198 Å². The fourth-order valence-electron chi connectivity index (χ4n) is 4.60. The van der Waals surface area contributed by atoms with Crippen molar-refractivity contribution in [1.29, 1.82) is 0 Å². The summed E-state index contributed by atoms with van der Waals surface area (Å²) in [5.74, 6) is 1.07. The maximum atomic E-state index is 12.0. The first-order chi connectivity index (χ1) is 16.2. The molecule has 0 radical (unpaired) electrons. The molecule has 2 fully saturated rings. The highest BCUT2D eigenvalue weighted by molar-refractivity contribution is 5.80. The van der Waals surface area contributed by atoms with Gasteiger partial charge in [0, 0.05) is 39.1 Å². The van der Waals surface area contributed by atoms with Crippen molar-refractivity contribution < 1.29 is 4.79 Å². The van der Waals surface area contributed by atoms with Gasteiger partial charge < -0.3 is 15.5 Å². The molecule has 2 aromatic carbocycles. The van der Waals surface area contributed by atoms with Crippen LogP contribution in [-0.4, -0.2) is 47.8 Å². The minimum absolute atomic E-state index is 0.263. The minimum atomic E-state index is 0.263. The van der Waals surface area contributed by atoms with Crippen molar-refractivity contribution in [1.82, 2.24) is 20.4 Å². The Morgan fingerprint density at radius 1 is 0.879 bits per heavy atom. The van der Waals surface area contributed by atoms with Crippen LogP contribution in [0.15, 0.2) is 53.5 Å². The number of benzene rings is 2. The van der Waals surface area contributed by atoms with Crippen LogP contribution in [0, 0.1) is 0 Å². The number of likely N-dealkylation sites (tertiary alicyclic amines) is 2. The maximum Gasteiger partial charge on any atom is 0.222 e. The van der Waals surface area contributed by atoms with Gasteiger partial charge in [-0.3, -0.25) is 9.69 Å². The van der Waals surface area contributed by atoms with Crippen LogP contribution in [-0.2, 0) is 31.0 Å². The van der Waals surface area contributed by atoms with Gasteiger partial charge in [0.1, 0.15) is 0 Å². The molecule has 0 aromatic heterocycles. The summed E-state index contributed by atoms with van der Waals surface area (Å²) in [7, 11) is 0. The largest absolute Gasteiger partial charge is 0.357 e. The predicted molar refractivity (Wildman–Crippen MR) is 134 cm³/mol. The van der Waals surface area contributed by atoms with E-state index in [1.54, 1.807) is 0 Å². The van der Waals surface area contributed by atoms with Crippen LogP contribution < -0.4 is 10.6 Å². The molecule has 6 heteroatoms. The molecule has 6 nitrogen and oxygen atoms in total. The van der Waals surface area contributed by atoms with E-state index in [1.165, 1.54) is 48.2 Å². The summed E-state index contributed by atoms with van der Waals surface area (Å²) in [6, 6.07) is 17.2. The van der Waals surface area contributed by atoms with Crippen molar-refractivity contribution in [3.8, 4) is 0 Å². The van der Waals surface area contributed by atoms with Gasteiger partial charge in [-0.15, -0.1) is 0 Å². The monoisotopic (exact) mass is 447 g/mol. The van der Waals surface area contributed by atoms with E-state index < -0.39 is 0 Å². The Kier molecular flexibility index (Phi) is 8.36. The molecule has 0 bridgehead atoms. The number of carbonyl (C=O) groups is 1. The van der Waals surface area contributed by atoms with Crippen LogP contribution in [0.3, 0.4) is 0 Å². The van der Waals surface area contributed by atoms with Crippen LogP contribution in [0.1, 0.15) is 54.9 Å². The van der Waals surface area contributed by atoms with E-state index in [4.69, 9.17) is 4.99 Å². The molecule has 4 rings (SSSR count). The Morgan fingerprint density at radius 2 is 1.61 bits per heavy atom. The van der Waals surface area contributed by atoms with Crippen LogP contribution in [0.2, 0.25) is 0 Å². The van der Waals surface area contributed by atoms with Gasteiger partial charge in [-0.25, -0.2) is 4.99 Å². The van der Waals surface area contributed by atoms with E-state index in [2.05, 4.69) is 64.9 Å². The van der Waals surface area contributed by atoms with Gasteiger partial charge in [-0.1, -0.05) is 48.5 Å². The summed E-state index contributed by atoms with van der Waals surface area (Å²) >= 11 is 0. The van der Waals surface area contributed by atoms with Crippen molar-refractivity contribution >= 4 is 11.9 Å². The third-order valence-electron chi connectivity index (χ3n) is 6.49. The van der Waals surface area contributed by atoms with Gasteiger partial charge >= 0.3 is 0 Å². The van der Waals surface area contributed by atoms with E-state index in [1.807, 2.05) is 11.0 Å². The quantitative estimate of drug-likeness (QED) is 0.455. The van der Waals surface area contributed by atoms with Crippen molar-refractivity contribution in [3.05, 3.63) is 70.8 Å². The fraction of sp³-hybridized carbons (Fsp3) is 0.481. The Morgan fingerprint density at radius 3 is 2.30 bits per heavy atom. The molecule has 2 heterocycles. The summed E-state index contributed by atoms with van der Waals surface area (Å²) in [6.07, 6.45) is 4.30. The normalized spacial score (nSPS) is 17.1. The molecule has 33 heavy (non-hydrogen) atoms. The first-order valence-electron chi connectivity index (χ1n) is 12.4. The molecule has 1 amide bonds. The van der Waals surface area contributed by atoms with E-state index >= 15 is 0 Å². The summed E-state index contributed by atoms with van der Waals surface area (Å²) in [4.78, 5) is 21.3. The Bertz CT molecular complexity index is 934. The molecule has 2 N–H and O–H groups in total. The van der Waals surface area contributed by atoms with Gasteiger partial charge in [0.25, 0.3) is 0 Å². The predicted octanol–water partition coefficient (Wildman–Crippen LogP) is 3.66. The molecular formula is C27H37N5O. The zero-order chi connectivity index (χ0) is 22.9. The highest BCUT2D eigenvalue weighted by Gasteiger charge is 2.20. The number of guanidine groups is 1. The second-order valence-corrected chi connectivity index (χ2v) is 9.04. The summed E-state index contributed by atoms with van der Waals surface area (Å²) in [5.41, 5.74) is 4.99. The third kappa shape index (κ3) is 6.81. The van der Waals surface area contributed by atoms with E-state index in [0.29, 0.717) is 26.1 Å². The molecule has 2 aliphatic heterocycles. The Balaban J connectivity index is 1.33. The third-order valence-corrected chi connectivity index (χ3v) is 6.49. The zero-order valence-electron chi connectivity index (χ0n) is 19.9. The summed E-state index contributed by atoms with van der Waals surface area (Å²) < 4.78 is 0. The highest BCUT2D eigenvalue weighted by atomic mass is 16.2. The first kappa shape index (κ1) is 23.3. The number of hydrogen-bond donors (Lipinski definition) is 2. The van der Waals surface area contributed by atoms with Crippen molar-refractivity contribution in [3.63, 3.8) is 0 Å². The molecule has 176 valence electrons. The molecule has 0 spiro atoms. The van der Waals surface area contributed by atoms with Crippen molar-refractivity contribution in [2.24, 2.45) is 4.99 Å². The lowest BCUT2D eigenvalue weighted by molar-refractivity contribution is -0.128. The molecular weight excluding hydrogens is 410 g/mol. The average Bonchev–Trinajstić information content (AvgIpc) is 3.49. The minimum Gasteiger partial charge on any atom is -0.357 e. The van der Waals surface area contributed by atoms with Gasteiger partial charge in [0.05, 0.1) is 6.54 Å². The van der Waals surface area contributed by atoms with Crippen LogP contribution in [0.5, 0.6) is 0 Å². The SMILES string of the molecule is CCNC(=NCc1ccc(CN2CCCC2)cc1)NCc1ccccc1CN1CCCC1=O. The second kappa shape index (κ2) is 11.8. The molecule has 0 atom stereocenters. The number of aliphatic imine (C=N–C) groups is 1. The molecule has 0 aliphatic carbocycles. The van der Waals surface area contributed by atoms with E-state index in [9.17, 15) is 4.79 Å². The average molecular weight is 448 g/mol. The number of carbonyl (C=O) groups excluding carboxylic acids is 1.